The molecule has 60 valence electrons. The zero-order valence-electron chi connectivity index (χ0n) is 6.26. The lowest BCUT2D eigenvalue weighted by Crippen LogP contribution is -2.28. The van der Waals surface area contributed by atoms with Crippen molar-refractivity contribution in [3.8, 4) is 0 Å². The fraction of sp³-hybridized carbons (Fsp3) is 0.429. The molecule has 0 aromatic carbocycles. The molecule has 1 atom stereocenters. The summed E-state index contributed by atoms with van der Waals surface area (Å²) >= 11 is 0. The maximum absolute atomic E-state index is 10.7. The average molecular weight is 154 g/mol. The van der Waals surface area contributed by atoms with Crippen LogP contribution in [0.2, 0.25) is 0 Å². The van der Waals surface area contributed by atoms with E-state index in [0.717, 1.165) is 0 Å². The third-order valence-corrected chi connectivity index (χ3v) is 1.68. The first-order valence-corrected chi connectivity index (χ1v) is 3.40. The summed E-state index contributed by atoms with van der Waals surface area (Å²) in [5, 5.41) is 2.56. The van der Waals surface area contributed by atoms with E-state index in [0.29, 0.717) is 12.1 Å². The molecule has 0 aliphatic carbocycles. The van der Waals surface area contributed by atoms with Crippen molar-refractivity contribution in [3.05, 3.63) is 11.8 Å². The Balaban J connectivity index is 2.63. The molecule has 0 fully saturated rings. The third-order valence-electron chi connectivity index (χ3n) is 1.68. The van der Waals surface area contributed by atoms with Gasteiger partial charge in [-0.2, -0.15) is 0 Å². The van der Waals surface area contributed by atoms with E-state index >= 15 is 0 Å². The van der Waals surface area contributed by atoms with Gasteiger partial charge in [0.05, 0.1) is 5.92 Å². The van der Waals surface area contributed by atoms with E-state index in [4.69, 9.17) is 5.73 Å². The number of amides is 2. The molecule has 0 radical (unpaired) electrons. The first-order chi connectivity index (χ1) is 5.11. The summed E-state index contributed by atoms with van der Waals surface area (Å²) < 4.78 is 0. The van der Waals surface area contributed by atoms with Gasteiger partial charge >= 0.3 is 0 Å². The van der Waals surface area contributed by atoms with Crippen molar-refractivity contribution in [2.75, 3.05) is 0 Å². The van der Waals surface area contributed by atoms with Gasteiger partial charge in [0.25, 0.3) is 0 Å². The van der Waals surface area contributed by atoms with E-state index < -0.39 is 5.91 Å². The Kier molecular flexibility index (Phi) is 1.94. The van der Waals surface area contributed by atoms with Crippen LogP contribution in [0.15, 0.2) is 11.8 Å². The summed E-state index contributed by atoms with van der Waals surface area (Å²) in [5.74, 6) is -0.881. The highest BCUT2D eigenvalue weighted by Crippen LogP contribution is 2.12. The Morgan fingerprint density at radius 3 is 2.82 bits per heavy atom. The van der Waals surface area contributed by atoms with Gasteiger partial charge in [0.1, 0.15) is 0 Å². The van der Waals surface area contributed by atoms with Crippen LogP contribution in [0.4, 0.5) is 0 Å². The minimum absolute atomic E-state index is 0.0758. The number of primary amides is 1. The molecule has 1 unspecified atom stereocenters. The van der Waals surface area contributed by atoms with Gasteiger partial charge in [-0.15, -0.1) is 0 Å². The Hall–Kier alpha value is -1.32. The molecular weight excluding hydrogens is 144 g/mol. The number of rotatable bonds is 2. The van der Waals surface area contributed by atoms with Crippen LogP contribution in [0, 0.1) is 5.92 Å². The van der Waals surface area contributed by atoms with Crippen molar-refractivity contribution in [1.29, 1.82) is 0 Å². The van der Waals surface area contributed by atoms with Gasteiger partial charge in [0, 0.05) is 12.1 Å². The van der Waals surface area contributed by atoms with Gasteiger partial charge in [0.15, 0.2) is 0 Å². The summed E-state index contributed by atoms with van der Waals surface area (Å²) in [4.78, 5) is 21.3. The summed E-state index contributed by atoms with van der Waals surface area (Å²) in [7, 11) is 0. The van der Waals surface area contributed by atoms with Crippen LogP contribution in [0.25, 0.3) is 0 Å². The minimum atomic E-state index is -0.418. The maximum atomic E-state index is 10.7. The topological polar surface area (TPSA) is 72.2 Å². The molecule has 1 heterocycles. The largest absolute Gasteiger partial charge is 0.369 e. The first-order valence-electron chi connectivity index (χ1n) is 3.40. The van der Waals surface area contributed by atoms with Gasteiger partial charge in [-0.25, -0.2) is 0 Å². The summed E-state index contributed by atoms with van der Waals surface area (Å²) in [6.07, 6.45) is 2.05. The van der Waals surface area contributed by atoms with Crippen LogP contribution < -0.4 is 11.1 Å². The van der Waals surface area contributed by atoms with Gasteiger partial charge in [-0.1, -0.05) is 6.08 Å². The fourth-order valence-corrected chi connectivity index (χ4v) is 0.904. The zero-order chi connectivity index (χ0) is 8.43. The van der Waals surface area contributed by atoms with E-state index in [1.807, 2.05) is 0 Å². The number of nitrogens with two attached hydrogens (primary N) is 1. The van der Waals surface area contributed by atoms with Crippen molar-refractivity contribution in [2.45, 2.75) is 13.3 Å². The first kappa shape index (κ1) is 7.78. The highest BCUT2D eigenvalue weighted by molar-refractivity contribution is 5.86. The SMILES string of the molecule is CC(C(N)=O)C1=CCC(=O)N1. The molecule has 0 aromatic rings. The van der Waals surface area contributed by atoms with Crippen molar-refractivity contribution in [1.82, 2.24) is 5.32 Å². The van der Waals surface area contributed by atoms with Crippen LogP contribution >= 0.6 is 0 Å². The fourth-order valence-electron chi connectivity index (χ4n) is 0.904. The Labute approximate surface area is 64.4 Å². The summed E-state index contributed by atoms with van der Waals surface area (Å²) in [6.45, 7) is 1.67. The predicted molar refractivity (Wildman–Crippen MR) is 39.2 cm³/mol. The van der Waals surface area contributed by atoms with Gasteiger partial charge in [0.2, 0.25) is 11.8 Å². The van der Waals surface area contributed by atoms with E-state index in [9.17, 15) is 9.59 Å². The molecule has 3 N–H and O–H groups in total. The van der Waals surface area contributed by atoms with Crippen molar-refractivity contribution in [3.63, 3.8) is 0 Å². The molecule has 0 saturated heterocycles. The lowest BCUT2D eigenvalue weighted by atomic mass is 10.1. The molecule has 0 aromatic heterocycles. The molecule has 4 nitrogen and oxygen atoms in total. The molecule has 1 aliphatic rings. The predicted octanol–water partition coefficient (Wildman–Crippen LogP) is -0.488. The highest BCUT2D eigenvalue weighted by atomic mass is 16.2. The quantitative estimate of drug-likeness (QED) is 0.563. The molecule has 4 heteroatoms. The van der Waals surface area contributed by atoms with Gasteiger partial charge in [-0.05, 0) is 6.92 Å². The van der Waals surface area contributed by atoms with Crippen LogP contribution in [0.3, 0.4) is 0 Å². The van der Waals surface area contributed by atoms with E-state index in [2.05, 4.69) is 5.32 Å². The molecule has 0 saturated carbocycles. The molecule has 11 heavy (non-hydrogen) atoms. The maximum Gasteiger partial charge on any atom is 0.228 e. The zero-order valence-corrected chi connectivity index (χ0v) is 6.26. The van der Waals surface area contributed by atoms with Crippen molar-refractivity contribution >= 4 is 11.8 Å². The Bertz CT molecular complexity index is 233. The molecule has 2 amide bonds. The normalized spacial score (nSPS) is 19.0. The van der Waals surface area contributed by atoms with Crippen LogP contribution in [-0.4, -0.2) is 11.8 Å². The Morgan fingerprint density at radius 1 is 1.82 bits per heavy atom. The lowest BCUT2D eigenvalue weighted by Gasteiger charge is -2.07. The Morgan fingerprint density at radius 2 is 2.45 bits per heavy atom. The van der Waals surface area contributed by atoms with E-state index in [1.165, 1.54) is 0 Å². The standard InChI is InChI=1S/C7H10N2O2/c1-4(7(8)11)5-2-3-6(10)9-5/h2,4H,3H2,1H3,(H2,8,11)(H,9,10). The molecule has 0 spiro atoms. The number of hydrogen-bond acceptors (Lipinski definition) is 2. The third kappa shape index (κ3) is 1.58. The van der Waals surface area contributed by atoms with Gasteiger partial charge in [-0.3, -0.25) is 9.59 Å². The molecular formula is C7H10N2O2. The van der Waals surface area contributed by atoms with Gasteiger partial charge < -0.3 is 11.1 Å². The van der Waals surface area contributed by atoms with Crippen molar-refractivity contribution in [2.24, 2.45) is 11.7 Å². The second-order valence-corrected chi connectivity index (χ2v) is 2.54. The number of carbonyl (C=O) groups excluding carboxylic acids is 2. The summed E-state index contributed by atoms with van der Waals surface area (Å²) in [5.41, 5.74) is 5.66. The van der Waals surface area contributed by atoms with Crippen molar-refractivity contribution < 1.29 is 9.59 Å². The second kappa shape index (κ2) is 2.74. The smallest absolute Gasteiger partial charge is 0.228 e. The van der Waals surface area contributed by atoms with Crippen LogP contribution in [0.5, 0.6) is 0 Å². The number of hydrogen-bond donors (Lipinski definition) is 2. The number of nitrogens with one attached hydrogen (secondary N) is 1. The minimum Gasteiger partial charge on any atom is -0.369 e. The molecule has 1 rings (SSSR count). The van der Waals surface area contributed by atoms with E-state index in [-0.39, 0.29) is 11.8 Å². The molecule has 0 bridgehead atoms. The van der Waals surface area contributed by atoms with Crippen LogP contribution in [0.1, 0.15) is 13.3 Å². The lowest BCUT2D eigenvalue weighted by molar-refractivity contribution is -0.120. The highest BCUT2D eigenvalue weighted by Gasteiger charge is 2.20. The van der Waals surface area contributed by atoms with Crippen LogP contribution in [-0.2, 0) is 9.59 Å². The number of carbonyl (C=O) groups is 2. The van der Waals surface area contributed by atoms with E-state index in [1.54, 1.807) is 13.0 Å². The average Bonchev–Trinajstić information content (AvgIpc) is 2.34. The molecule has 1 aliphatic heterocycles. The monoisotopic (exact) mass is 154 g/mol. The summed E-state index contributed by atoms with van der Waals surface area (Å²) in [6, 6.07) is 0. The second-order valence-electron chi connectivity index (χ2n) is 2.54.